The highest BCUT2D eigenvalue weighted by atomic mass is 16.3. The first kappa shape index (κ1) is 11.3. The molecule has 0 fully saturated rings. The second-order valence-corrected chi connectivity index (χ2v) is 4.95. The molecular formula is C16H16O2. The first-order valence-corrected chi connectivity index (χ1v) is 6.42. The molecule has 1 aromatic heterocycles. The first-order valence-electron chi connectivity index (χ1n) is 6.42. The summed E-state index contributed by atoms with van der Waals surface area (Å²) in [5.41, 5.74) is 4.69. The predicted molar refractivity (Wildman–Crippen MR) is 69.9 cm³/mol. The number of ketones is 1. The average molecular weight is 240 g/mol. The lowest BCUT2D eigenvalue weighted by Crippen LogP contribution is -2.04. The van der Waals surface area contributed by atoms with Gasteiger partial charge in [0.1, 0.15) is 5.76 Å². The molecule has 0 aliphatic heterocycles. The normalized spacial score (nSPS) is 13.6. The highest BCUT2D eigenvalue weighted by Gasteiger charge is 2.15. The van der Waals surface area contributed by atoms with Crippen molar-refractivity contribution in [2.45, 2.75) is 32.6 Å². The van der Waals surface area contributed by atoms with Gasteiger partial charge in [-0.3, -0.25) is 4.79 Å². The average Bonchev–Trinajstić information content (AvgIpc) is 2.96. The molecule has 0 amide bonds. The van der Waals surface area contributed by atoms with E-state index in [9.17, 15) is 4.79 Å². The Kier molecular flexibility index (Phi) is 2.78. The lowest BCUT2D eigenvalue weighted by molar-refractivity contribution is 0.0991. The van der Waals surface area contributed by atoms with Gasteiger partial charge in [-0.1, -0.05) is 18.2 Å². The van der Waals surface area contributed by atoms with Crippen LogP contribution in [0.15, 0.2) is 34.9 Å². The Balaban J connectivity index is 1.81. The summed E-state index contributed by atoms with van der Waals surface area (Å²) in [7, 11) is 0. The van der Waals surface area contributed by atoms with Gasteiger partial charge in [-0.2, -0.15) is 0 Å². The van der Waals surface area contributed by atoms with Crippen LogP contribution in [0.1, 0.15) is 39.2 Å². The molecule has 2 aromatic rings. The number of hydrogen-bond donors (Lipinski definition) is 0. The predicted octanol–water partition coefficient (Wildman–Crippen LogP) is 3.50. The molecule has 1 aromatic carbocycles. The Morgan fingerprint density at radius 1 is 1.22 bits per heavy atom. The molecule has 0 bridgehead atoms. The van der Waals surface area contributed by atoms with Gasteiger partial charge < -0.3 is 4.42 Å². The van der Waals surface area contributed by atoms with Gasteiger partial charge in [0.15, 0.2) is 5.78 Å². The molecule has 0 N–H and O–H groups in total. The Morgan fingerprint density at radius 2 is 2.06 bits per heavy atom. The number of Topliss-reactive ketones (excluding diaryl/α,β-unsaturated/α-hetero) is 1. The maximum Gasteiger partial charge on any atom is 0.170 e. The number of aryl methyl sites for hydroxylation is 3. The van der Waals surface area contributed by atoms with E-state index >= 15 is 0 Å². The molecule has 0 spiro atoms. The first-order chi connectivity index (χ1) is 8.74. The second kappa shape index (κ2) is 4.45. The molecule has 0 saturated heterocycles. The minimum Gasteiger partial charge on any atom is -0.469 e. The summed E-state index contributed by atoms with van der Waals surface area (Å²) in [6, 6.07) is 8.20. The fourth-order valence-electron chi connectivity index (χ4n) is 2.69. The highest BCUT2D eigenvalue weighted by molar-refractivity contribution is 5.98. The van der Waals surface area contributed by atoms with Crippen molar-refractivity contribution in [1.82, 2.24) is 0 Å². The maximum absolute atomic E-state index is 12.1. The number of fused-ring (bicyclic) bond motifs is 1. The van der Waals surface area contributed by atoms with Gasteiger partial charge in [-0.05, 0) is 48.9 Å². The fourth-order valence-corrected chi connectivity index (χ4v) is 2.69. The van der Waals surface area contributed by atoms with E-state index in [1.807, 2.05) is 6.92 Å². The van der Waals surface area contributed by atoms with E-state index in [2.05, 4.69) is 18.2 Å². The van der Waals surface area contributed by atoms with Gasteiger partial charge >= 0.3 is 0 Å². The Morgan fingerprint density at radius 3 is 2.83 bits per heavy atom. The third kappa shape index (κ3) is 1.99. The van der Waals surface area contributed by atoms with Crippen molar-refractivity contribution < 1.29 is 9.21 Å². The van der Waals surface area contributed by atoms with Crippen molar-refractivity contribution in [3.05, 3.63) is 58.5 Å². The van der Waals surface area contributed by atoms with E-state index in [1.54, 1.807) is 12.3 Å². The summed E-state index contributed by atoms with van der Waals surface area (Å²) in [6.45, 7) is 1.83. The molecule has 0 saturated carbocycles. The fraction of sp³-hybridized carbons (Fsp3) is 0.312. The molecule has 0 atom stereocenters. The van der Waals surface area contributed by atoms with Crippen molar-refractivity contribution in [3.8, 4) is 0 Å². The molecule has 1 aliphatic rings. The van der Waals surface area contributed by atoms with E-state index in [4.69, 9.17) is 4.42 Å². The number of furan rings is 1. The molecule has 1 aliphatic carbocycles. The summed E-state index contributed by atoms with van der Waals surface area (Å²) in [5, 5.41) is 0. The monoisotopic (exact) mass is 240 g/mol. The van der Waals surface area contributed by atoms with Crippen LogP contribution in [0.3, 0.4) is 0 Å². The Bertz CT molecular complexity index is 593. The van der Waals surface area contributed by atoms with E-state index in [0.717, 1.165) is 12.0 Å². The summed E-state index contributed by atoms with van der Waals surface area (Å²) < 4.78 is 5.18. The summed E-state index contributed by atoms with van der Waals surface area (Å²) in [5.74, 6) is 0.848. The number of hydrogen-bond acceptors (Lipinski definition) is 2. The van der Waals surface area contributed by atoms with Gasteiger partial charge in [-0.25, -0.2) is 0 Å². The summed E-state index contributed by atoms with van der Waals surface area (Å²) in [6.07, 6.45) is 5.62. The molecule has 92 valence electrons. The van der Waals surface area contributed by atoms with E-state index in [-0.39, 0.29) is 5.78 Å². The van der Waals surface area contributed by atoms with Crippen LogP contribution < -0.4 is 0 Å². The lowest BCUT2D eigenvalue weighted by Gasteiger charge is -2.04. The Hall–Kier alpha value is -1.83. The molecule has 2 heteroatoms. The topological polar surface area (TPSA) is 30.2 Å². The number of rotatable bonds is 3. The molecular weight excluding hydrogens is 224 g/mol. The van der Waals surface area contributed by atoms with Crippen LogP contribution in [0.2, 0.25) is 0 Å². The van der Waals surface area contributed by atoms with E-state index in [1.165, 1.54) is 24.0 Å². The minimum absolute atomic E-state index is 0.138. The molecule has 2 nitrogen and oxygen atoms in total. The van der Waals surface area contributed by atoms with Crippen LogP contribution >= 0.6 is 0 Å². The van der Waals surface area contributed by atoms with Gasteiger partial charge in [0.2, 0.25) is 0 Å². The van der Waals surface area contributed by atoms with Crippen molar-refractivity contribution in [2.24, 2.45) is 0 Å². The standard InChI is InChI=1S/C16H16O2/c1-11-15(7-8-18-11)16(17)10-12-5-6-13-3-2-4-14(13)9-12/h5-9H,2-4,10H2,1H3. The highest BCUT2D eigenvalue weighted by Crippen LogP contribution is 2.23. The molecule has 0 unspecified atom stereocenters. The zero-order valence-electron chi connectivity index (χ0n) is 10.5. The van der Waals surface area contributed by atoms with Crippen molar-refractivity contribution >= 4 is 5.78 Å². The van der Waals surface area contributed by atoms with Crippen LogP contribution in [0, 0.1) is 6.92 Å². The van der Waals surface area contributed by atoms with E-state index < -0.39 is 0 Å². The van der Waals surface area contributed by atoms with Crippen LogP contribution in [0.5, 0.6) is 0 Å². The lowest BCUT2D eigenvalue weighted by atomic mass is 10.00. The van der Waals surface area contributed by atoms with Crippen LogP contribution in [-0.2, 0) is 19.3 Å². The van der Waals surface area contributed by atoms with Gasteiger partial charge in [0.25, 0.3) is 0 Å². The molecule has 3 rings (SSSR count). The summed E-state index contributed by atoms with van der Waals surface area (Å²) >= 11 is 0. The SMILES string of the molecule is Cc1occc1C(=O)Cc1ccc2c(c1)CCC2. The largest absolute Gasteiger partial charge is 0.469 e. The maximum atomic E-state index is 12.1. The molecule has 1 heterocycles. The quantitative estimate of drug-likeness (QED) is 0.768. The van der Waals surface area contributed by atoms with Crippen molar-refractivity contribution in [2.75, 3.05) is 0 Å². The van der Waals surface area contributed by atoms with Crippen molar-refractivity contribution in [1.29, 1.82) is 0 Å². The second-order valence-electron chi connectivity index (χ2n) is 4.95. The van der Waals surface area contributed by atoms with E-state index in [0.29, 0.717) is 17.7 Å². The minimum atomic E-state index is 0.138. The van der Waals surface area contributed by atoms with Crippen LogP contribution in [0.4, 0.5) is 0 Å². The van der Waals surface area contributed by atoms with Gasteiger partial charge in [0, 0.05) is 6.42 Å². The zero-order valence-corrected chi connectivity index (χ0v) is 10.5. The third-order valence-electron chi connectivity index (χ3n) is 3.69. The number of carbonyl (C=O) groups is 1. The molecule has 0 radical (unpaired) electrons. The number of benzene rings is 1. The zero-order chi connectivity index (χ0) is 12.5. The van der Waals surface area contributed by atoms with Crippen LogP contribution in [-0.4, -0.2) is 5.78 Å². The summed E-state index contributed by atoms with van der Waals surface area (Å²) in [4.78, 5) is 12.1. The number of carbonyl (C=O) groups excluding carboxylic acids is 1. The van der Waals surface area contributed by atoms with Crippen molar-refractivity contribution in [3.63, 3.8) is 0 Å². The third-order valence-corrected chi connectivity index (χ3v) is 3.69. The van der Waals surface area contributed by atoms with Gasteiger partial charge in [0.05, 0.1) is 11.8 Å². The molecule has 18 heavy (non-hydrogen) atoms. The van der Waals surface area contributed by atoms with Gasteiger partial charge in [-0.15, -0.1) is 0 Å². The Labute approximate surface area is 107 Å². The van der Waals surface area contributed by atoms with Crippen LogP contribution in [0.25, 0.3) is 0 Å². The smallest absolute Gasteiger partial charge is 0.170 e.